The molecule has 1 heteroatoms. The van der Waals surface area contributed by atoms with Gasteiger partial charge in [-0.3, -0.25) is 0 Å². The molecular formula is C8H16O. The van der Waals surface area contributed by atoms with E-state index in [-0.39, 0.29) is 6.61 Å². The fraction of sp³-hybridized carbons (Fsp3) is 0.750. The number of rotatable bonds is 4. The minimum absolute atomic E-state index is 0.284. The van der Waals surface area contributed by atoms with Gasteiger partial charge in [-0.15, -0.1) is 0 Å². The molecule has 0 aliphatic rings. The maximum absolute atomic E-state index is 8.50. The van der Waals surface area contributed by atoms with Crippen molar-refractivity contribution in [2.75, 3.05) is 6.61 Å². The average molecular weight is 128 g/mol. The van der Waals surface area contributed by atoms with Crippen LogP contribution in [0.5, 0.6) is 0 Å². The fourth-order valence-corrected chi connectivity index (χ4v) is 0.669. The molecule has 0 spiro atoms. The number of allylic oxidation sites excluding steroid dienone is 1. The summed E-state index contributed by atoms with van der Waals surface area (Å²) < 4.78 is 0. The van der Waals surface area contributed by atoms with E-state index in [2.05, 4.69) is 19.9 Å². The molecule has 0 atom stereocenters. The lowest BCUT2D eigenvalue weighted by Gasteiger charge is -1.94. The van der Waals surface area contributed by atoms with E-state index in [9.17, 15) is 0 Å². The Labute approximate surface area is 57.4 Å². The molecule has 0 bridgehead atoms. The predicted molar refractivity (Wildman–Crippen MR) is 40.4 cm³/mol. The van der Waals surface area contributed by atoms with Gasteiger partial charge in [0.05, 0.1) is 0 Å². The molecule has 0 unspecified atom stereocenters. The minimum Gasteiger partial charge on any atom is -0.396 e. The average Bonchev–Trinajstić information content (AvgIpc) is 1.85. The van der Waals surface area contributed by atoms with Crippen LogP contribution in [-0.2, 0) is 0 Å². The van der Waals surface area contributed by atoms with Crippen LogP contribution in [0.1, 0.15) is 33.1 Å². The lowest BCUT2D eigenvalue weighted by Crippen LogP contribution is -1.83. The van der Waals surface area contributed by atoms with E-state index >= 15 is 0 Å². The third-order valence-electron chi connectivity index (χ3n) is 1.29. The highest BCUT2D eigenvalue weighted by Crippen LogP contribution is 2.01. The van der Waals surface area contributed by atoms with Crippen molar-refractivity contribution in [2.45, 2.75) is 33.1 Å². The molecule has 1 N–H and O–H groups in total. The predicted octanol–water partition coefficient (Wildman–Crippen LogP) is 2.12. The number of hydrogen-bond donors (Lipinski definition) is 1. The van der Waals surface area contributed by atoms with E-state index in [0.29, 0.717) is 0 Å². The molecule has 1 nitrogen and oxygen atoms in total. The van der Waals surface area contributed by atoms with Crippen molar-refractivity contribution in [2.24, 2.45) is 0 Å². The van der Waals surface area contributed by atoms with Crippen molar-refractivity contribution >= 4 is 0 Å². The molecule has 54 valence electrons. The van der Waals surface area contributed by atoms with Crippen molar-refractivity contribution in [3.63, 3.8) is 0 Å². The van der Waals surface area contributed by atoms with Gasteiger partial charge in [-0.1, -0.05) is 25.0 Å². The Hall–Kier alpha value is -0.300. The van der Waals surface area contributed by atoms with E-state index in [1.807, 2.05) is 0 Å². The van der Waals surface area contributed by atoms with Gasteiger partial charge in [0.15, 0.2) is 0 Å². The molecular weight excluding hydrogens is 112 g/mol. The fourth-order valence-electron chi connectivity index (χ4n) is 0.669. The molecule has 9 heavy (non-hydrogen) atoms. The zero-order valence-corrected chi connectivity index (χ0v) is 6.35. The van der Waals surface area contributed by atoms with Gasteiger partial charge in [0, 0.05) is 6.61 Å². The SMILES string of the molecule is CCCC=C(C)CCO. The van der Waals surface area contributed by atoms with Crippen LogP contribution < -0.4 is 0 Å². The Morgan fingerprint density at radius 1 is 1.56 bits per heavy atom. The van der Waals surface area contributed by atoms with Gasteiger partial charge in [-0.25, -0.2) is 0 Å². The lowest BCUT2D eigenvalue weighted by molar-refractivity contribution is 0.299. The van der Waals surface area contributed by atoms with E-state index in [4.69, 9.17) is 5.11 Å². The zero-order chi connectivity index (χ0) is 7.11. The Balaban J connectivity index is 3.30. The van der Waals surface area contributed by atoms with Crippen LogP contribution >= 0.6 is 0 Å². The molecule has 0 saturated heterocycles. The normalized spacial score (nSPS) is 12.1. The summed E-state index contributed by atoms with van der Waals surface area (Å²) in [5.41, 5.74) is 1.30. The van der Waals surface area contributed by atoms with Crippen molar-refractivity contribution in [1.29, 1.82) is 0 Å². The maximum Gasteiger partial charge on any atom is 0.0468 e. The summed E-state index contributed by atoms with van der Waals surface area (Å²) >= 11 is 0. The Kier molecular flexibility index (Phi) is 5.64. The second-order valence-corrected chi connectivity index (χ2v) is 2.31. The molecule has 0 aromatic rings. The highest BCUT2D eigenvalue weighted by molar-refractivity contribution is 4.97. The summed E-state index contributed by atoms with van der Waals surface area (Å²) in [4.78, 5) is 0. The van der Waals surface area contributed by atoms with Gasteiger partial charge in [-0.05, 0) is 19.8 Å². The summed E-state index contributed by atoms with van der Waals surface area (Å²) in [6.45, 7) is 4.50. The first-order valence-corrected chi connectivity index (χ1v) is 3.57. The van der Waals surface area contributed by atoms with Crippen LogP contribution in [0.25, 0.3) is 0 Å². The molecule has 0 aromatic carbocycles. The molecule has 0 aliphatic carbocycles. The monoisotopic (exact) mass is 128 g/mol. The zero-order valence-electron chi connectivity index (χ0n) is 6.35. The van der Waals surface area contributed by atoms with Gasteiger partial charge in [-0.2, -0.15) is 0 Å². The van der Waals surface area contributed by atoms with Crippen molar-refractivity contribution in [3.8, 4) is 0 Å². The smallest absolute Gasteiger partial charge is 0.0468 e. The third kappa shape index (κ3) is 5.57. The first-order valence-electron chi connectivity index (χ1n) is 3.57. The summed E-state index contributed by atoms with van der Waals surface area (Å²) in [5, 5.41) is 8.50. The second-order valence-electron chi connectivity index (χ2n) is 2.31. The van der Waals surface area contributed by atoms with Gasteiger partial charge in [0.25, 0.3) is 0 Å². The van der Waals surface area contributed by atoms with Gasteiger partial charge in [0.2, 0.25) is 0 Å². The lowest BCUT2D eigenvalue weighted by atomic mass is 10.2. The van der Waals surface area contributed by atoms with E-state index in [1.165, 1.54) is 12.0 Å². The highest BCUT2D eigenvalue weighted by atomic mass is 16.2. The number of hydrogen-bond acceptors (Lipinski definition) is 1. The maximum atomic E-state index is 8.50. The summed E-state index contributed by atoms with van der Waals surface area (Å²) in [5.74, 6) is 0. The quantitative estimate of drug-likeness (QED) is 0.575. The molecule has 0 aromatic heterocycles. The van der Waals surface area contributed by atoms with E-state index in [1.54, 1.807) is 0 Å². The second kappa shape index (κ2) is 5.83. The Bertz CT molecular complexity index is 84.6. The van der Waals surface area contributed by atoms with Crippen LogP contribution in [0, 0.1) is 0 Å². The largest absolute Gasteiger partial charge is 0.396 e. The summed E-state index contributed by atoms with van der Waals surface area (Å²) in [6.07, 6.45) is 5.37. The van der Waals surface area contributed by atoms with Crippen LogP contribution in [-0.4, -0.2) is 11.7 Å². The molecule has 0 heterocycles. The van der Waals surface area contributed by atoms with Crippen LogP contribution in [0.3, 0.4) is 0 Å². The third-order valence-corrected chi connectivity index (χ3v) is 1.29. The first kappa shape index (κ1) is 8.70. The van der Waals surface area contributed by atoms with Crippen molar-refractivity contribution < 1.29 is 5.11 Å². The van der Waals surface area contributed by atoms with Gasteiger partial charge < -0.3 is 5.11 Å². The Morgan fingerprint density at radius 3 is 2.67 bits per heavy atom. The molecule has 0 aliphatic heterocycles. The van der Waals surface area contributed by atoms with Crippen LogP contribution in [0.4, 0.5) is 0 Å². The minimum atomic E-state index is 0.284. The van der Waals surface area contributed by atoms with Gasteiger partial charge in [0.1, 0.15) is 0 Å². The van der Waals surface area contributed by atoms with Crippen molar-refractivity contribution in [3.05, 3.63) is 11.6 Å². The summed E-state index contributed by atoms with van der Waals surface area (Å²) in [6, 6.07) is 0. The van der Waals surface area contributed by atoms with E-state index in [0.717, 1.165) is 12.8 Å². The standard InChI is InChI=1S/C8H16O/c1-3-4-5-8(2)6-7-9/h5,9H,3-4,6-7H2,1-2H3. The Morgan fingerprint density at radius 2 is 2.22 bits per heavy atom. The molecule has 0 rings (SSSR count). The topological polar surface area (TPSA) is 20.2 Å². The molecule has 0 fully saturated rings. The number of aliphatic hydroxyl groups is 1. The molecule has 0 saturated carbocycles. The number of unbranched alkanes of at least 4 members (excludes halogenated alkanes) is 1. The van der Waals surface area contributed by atoms with E-state index < -0.39 is 0 Å². The molecule has 0 amide bonds. The highest BCUT2D eigenvalue weighted by Gasteiger charge is 1.84. The van der Waals surface area contributed by atoms with Crippen LogP contribution in [0.15, 0.2) is 11.6 Å². The first-order chi connectivity index (χ1) is 4.31. The van der Waals surface area contributed by atoms with Crippen LogP contribution in [0.2, 0.25) is 0 Å². The van der Waals surface area contributed by atoms with Crippen molar-refractivity contribution in [1.82, 2.24) is 0 Å². The summed E-state index contributed by atoms with van der Waals surface area (Å²) in [7, 11) is 0. The number of aliphatic hydroxyl groups excluding tert-OH is 1. The van der Waals surface area contributed by atoms with Gasteiger partial charge >= 0.3 is 0 Å². The molecule has 0 radical (unpaired) electrons.